The van der Waals surface area contributed by atoms with Crippen molar-refractivity contribution in [1.29, 1.82) is 0 Å². The molecule has 1 unspecified atom stereocenters. The number of aromatic amines is 1. The molecule has 1 aliphatic heterocycles. The lowest BCUT2D eigenvalue weighted by Gasteiger charge is -2.16. The van der Waals surface area contributed by atoms with E-state index in [-0.39, 0.29) is 18.1 Å². The van der Waals surface area contributed by atoms with Gasteiger partial charge in [-0.1, -0.05) is 6.92 Å². The first kappa shape index (κ1) is 10.6. The van der Waals surface area contributed by atoms with Crippen LogP contribution < -0.4 is 5.73 Å². The summed E-state index contributed by atoms with van der Waals surface area (Å²) in [5.74, 6) is 1.50. The van der Waals surface area contributed by atoms with Crippen molar-refractivity contribution in [1.82, 2.24) is 15.2 Å². The minimum absolute atomic E-state index is 0.127. The minimum Gasteiger partial charge on any atom is -0.324 e. The van der Waals surface area contributed by atoms with Crippen LogP contribution in [0.2, 0.25) is 0 Å². The molecule has 0 radical (unpaired) electrons. The second-order valence-corrected chi connectivity index (χ2v) is 6.40. The van der Waals surface area contributed by atoms with Gasteiger partial charge in [0.25, 0.3) is 0 Å². The summed E-state index contributed by atoms with van der Waals surface area (Å²) in [6, 6.07) is 0. The van der Waals surface area contributed by atoms with Crippen molar-refractivity contribution in [3.63, 3.8) is 0 Å². The van der Waals surface area contributed by atoms with E-state index in [1.807, 2.05) is 6.92 Å². The molecule has 0 spiro atoms. The van der Waals surface area contributed by atoms with Gasteiger partial charge in [0.05, 0.1) is 18.1 Å². The van der Waals surface area contributed by atoms with E-state index in [9.17, 15) is 8.42 Å². The van der Waals surface area contributed by atoms with E-state index >= 15 is 0 Å². The van der Waals surface area contributed by atoms with Crippen LogP contribution in [-0.4, -0.2) is 35.1 Å². The van der Waals surface area contributed by atoms with Crippen molar-refractivity contribution in [2.45, 2.75) is 25.3 Å². The van der Waals surface area contributed by atoms with Crippen LogP contribution in [0, 0.1) is 0 Å². The third kappa shape index (κ3) is 1.89. The summed E-state index contributed by atoms with van der Waals surface area (Å²) in [5.41, 5.74) is 4.95. The minimum atomic E-state index is -2.92. The molecule has 3 N–H and O–H groups in total. The lowest BCUT2D eigenvalue weighted by atomic mass is 9.89. The van der Waals surface area contributed by atoms with E-state index < -0.39 is 15.3 Å². The smallest absolute Gasteiger partial charge is 0.157 e. The molecule has 2 rings (SSSR count). The van der Waals surface area contributed by atoms with Gasteiger partial charge in [0.1, 0.15) is 5.82 Å². The third-order valence-electron chi connectivity index (χ3n) is 2.77. The van der Waals surface area contributed by atoms with E-state index in [0.717, 1.165) is 0 Å². The maximum atomic E-state index is 11.4. The molecular formula is C8H14N4O2S. The highest BCUT2D eigenvalue weighted by Crippen LogP contribution is 2.33. The highest BCUT2D eigenvalue weighted by molar-refractivity contribution is 7.91. The number of H-pyrrole nitrogens is 1. The van der Waals surface area contributed by atoms with Gasteiger partial charge in [-0.05, 0) is 6.42 Å². The molecule has 0 saturated carbocycles. The van der Waals surface area contributed by atoms with E-state index in [1.54, 1.807) is 0 Å². The Morgan fingerprint density at radius 2 is 2.33 bits per heavy atom. The van der Waals surface area contributed by atoms with E-state index in [0.29, 0.717) is 18.1 Å². The monoisotopic (exact) mass is 230 g/mol. The Bertz CT molecular complexity index is 467. The van der Waals surface area contributed by atoms with Crippen molar-refractivity contribution in [3.05, 3.63) is 11.6 Å². The van der Waals surface area contributed by atoms with Gasteiger partial charge < -0.3 is 5.73 Å². The lowest BCUT2D eigenvalue weighted by Crippen LogP contribution is -2.25. The van der Waals surface area contributed by atoms with Crippen LogP contribution in [0.3, 0.4) is 0 Å². The number of nitrogens with two attached hydrogens (primary N) is 1. The van der Waals surface area contributed by atoms with Crippen LogP contribution in [0.25, 0.3) is 0 Å². The average Bonchev–Trinajstić information content (AvgIpc) is 2.71. The Morgan fingerprint density at radius 1 is 1.60 bits per heavy atom. The molecule has 1 aromatic rings. The summed E-state index contributed by atoms with van der Waals surface area (Å²) >= 11 is 0. The molecule has 84 valence electrons. The molecule has 6 nitrogen and oxygen atoms in total. The standard InChI is InChI=1S/C8H14N4O2S/c1-8(2-3-15(13,14)5-8)7-10-6(4-9)11-12-7/h2-5,9H2,1H3,(H,10,11,12). The van der Waals surface area contributed by atoms with Crippen molar-refractivity contribution in [2.75, 3.05) is 11.5 Å². The number of aromatic nitrogens is 3. The molecule has 1 fully saturated rings. The van der Waals surface area contributed by atoms with Crippen molar-refractivity contribution in [3.8, 4) is 0 Å². The Kier molecular flexibility index (Phi) is 2.31. The lowest BCUT2D eigenvalue weighted by molar-refractivity contribution is 0.502. The van der Waals surface area contributed by atoms with Gasteiger partial charge in [0, 0.05) is 5.41 Å². The first-order valence-electron chi connectivity index (χ1n) is 4.77. The average molecular weight is 230 g/mol. The van der Waals surface area contributed by atoms with Crippen LogP contribution in [0.15, 0.2) is 0 Å². The number of nitrogens with one attached hydrogen (secondary N) is 1. The van der Waals surface area contributed by atoms with Gasteiger partial charge in [-0.15, -0.1) is 0 Å². The molecular weight excluding hydrogens is 216 g/mol. The summed E-state index contributed by atoms with van der Waals surface area (Å²) in [6.07, 6.45) is 0.581. The van der Waals surface area contributed by atoms with Crippen molar-refractivity contribution in [2.24, 2.45) is 5.73 Å². The van der Waals surface area contributed by atoms with Crippen molar-refractivity contribution < 1.29 is 8.42 Å². The van der Waals surface area contributed by atoms with Gasteiger partial charge in [0.2, 0.25) is 0 Å². The summed E-state index contributed by atoms with van der Waals surface area (Å²) in [5, 5.41) is 6.73. The zero-order valence-electron chi connectivity index (χ0n) is 8.52. The van der Waals surface area contributed by atoms with Crippen LogP contribution in [-0.2, 0) is 21.8 Å². The highest BCUT2D eigenvalue weighted by atomic mass is 32.2. The molecule has 15 heavy (non-hydrogen) atoms. The molecule has 1 aromatic heterocycles. The first-order valence-corrected chi connectivity index (χ1v) is 6.60. The molecule has 7 heteroatoms. The summed E-state index contributed by atoms with van der Waals surface area (Å²) in [4.78, 5) is 4.19. The SMILES string of the molecule is CC1(c2n[nH]c(CN)n2)CCS(=O)(=O)C1. The normalized spacial score (nSPS) is 29.5. The molecule has 0 aromatic carbocycles. The van der Waals surface area contributed by atoms with Gasteiger partial charge in [-0.2, -0.15) is 5.10 Å². The second kappa shape index (κ2) is 3.28. The Morgan fingerprint density at radius 3 is 2.80 bits per heavy atom. The fraction of sp³-hybridized carbons (Fsp3) is 0.750. The van der Waals surface area contributed by atoms with Crippen LogP contribution >= 0.6 is 0 Å². The topological polar surface area (TPSA) is 102 Å². The predicted molar refractivity (Wildman–Crippen MR) is 54.9 cm³/mol. The van der Waals surface area contributed by atoms with Gasteiger partial charge in [-0.25, -0.2) is 13.4 Å². The number of nitrogens with zero attached hydrogens (tertiary/aromatic N) is 2. The molecule has 0 bridgehead atoms. The van der Waals surface area contributed by atoms with Gasteiger partial charge >= 0.3 is 0 Å². The molecule has 1 aliphatic rings. The fourth-order valence-electron chi connectivity index (χ4n) is 1.84. The Labute approximate surface area is 88.2 Å². The van der Waals surface area contributed by atoms with Crippen LogP contribution in [0.4, 0.5) is 0 Å². The predicted octanol–water partition coefficient (Wildman–Crippen LogP) is -0.660. The molecule has 1 saturated heterocycles. The largest absolute Gasteiger partial charge is 0.324 e. The molecule has 0 aliphatic carbocycles. The zero-order chi connectivity index (χ0) is 11.1. The quantitative estimate of drug-likeness (QED) is 0.702. The van der Waals surface area contributed by atoms with E-state index in [1.165, 1.54) is 0 Å². The van der Waals surface area contributed by atoms with Gasteiger partial charge in [0.15, 0.2) is 15.7 Å². The molecule has 0 amide bonds. The van der Waals surface area contributed by atoms with Gasteiger partial charge in [-0.3, -0.25) is 5.10 Å². The number of sulfone groups is 1. The number of hydrogen-bond donors (Lipinski definition) is 2. The van der Waals surface area contributed by atoms with E-state index in [4.69, 9.17) is 5.73 Å². The van der Waals surface area contributed by atoms with Crippen LogP contribution in [0.1, 0.15) is 25.0 Å². The first-order chi connectivity index (χ1) is 6.95. The fourth-order valence-corrected chi connectivity index (χ4v) is 3.99. The molecule has 2 heterocycles. The summed E-state index contributed by atoms with van der Waals surface area (Å²) < 4.78 is 22.8. The Hall–Kier alpha value is -0.950. The maximum absolute atomic E-state index is 11.4. The van der Waals surface area contributed by atoms with Crippen molar-refractivity contribution >= 4 is 9.84 Å². The Balaban J connectivity index is 2.31. The third-order valence-corrected chi connectivity index (χ3v) is 4.67. The number of hydrogen-bond acceptors (Lipinski definition) is 5. The summed E-state index contributed by atoms with van der Waals surface area (Å²) in [7, 11) is -2.92. The number of rotatable bonds is 2. The zero-order valence-corrected chi connectivity index (χ0v) is 9.34. The second-order valence-electron chi connectivity index (χ2n) is 4.21. The molecule has 1 atom stereocenters. The highest BCUT2D eigenvalue weighted by Gasteiger charge is 2.42. The maximum Gasteiger partial charge on any atom is 0.157 e. The van der Waals surface area contributed by atoms with E-state index in [2.05, 4.69) is 15.2 Å². The van der Waals surface area contributed by atoms with Crippen LogP contribution in [0.5, 0.6) is 0 Å². The summed E-state index contributed by atoms with van der Waals surface area (Å²) in [6.45, 7) is 2.16.